The molecule has 0 aliphatic rings. The van der Waals surface area contributed by atoms with Crippen LogP contribution in [0.3, 0.4) is 0 Å². The molecule has 2 rings (SSSR count). The van der Waals surface area contributed by atoms with Crippen molar-refractivity contribution in [1.29, 1.82) is 0 Å². The molecule has 0 saturated heterocycles. The van der Waals surface area contributed by atoms with Crippen molar-refractivity contribution in [1.82, 2.24) is 4.90 Å². The van der Waals surface area contributed by atoms with Gasteiger partial charge in [-0.05, 0) is 55.2 Å². The molecular formula is C17H21N3O2S. The molecule has 1 aromatic heterocycles. The Labute approximate surface area is 140 Å². The summed E-state index contributed by atoms with van der Waals surface area (Å²) in [6, 6.07) is 9.15. The third-order valence-corrected chi connectivity index (χ3v) is 4.29. The molecule has 1 aromatic carbocycles. The van der Waals surface area contributed by atoms with Gasteiger partial charge in [0, 0.05) is 29.7 Å². The average Bonchev–Trinajstić information content (AvgIpc) is 2.85. The monoisotopic (exact) mass is 331 g/mol. The van der Waals surface area contributed by atoms with Crippen molar-refractivity contribution in [3.8, 4) is 0 Å². The second kappa shape index (κ2) is 7.89. The van der Waals surface area contributed by atoms with E-state index in [0.717, 1.165) is 6.54 Å². The molecule has 5 nitrogen and oxygen atoms in total. The summed E-state index contributed by atoms with van der Waals surface area (Å²) >= 11 is 1.71. The topological polar surface area (TPSA) is 61.4 Å². The number of likely N-dealkylation sites (N-methyl/N-ethyl adjacent to an activating group) is 1. The van der Waals surface area contributed by atoms with Gasteiger partial charge in [-0.15, -0.1) is 11.3 Å². The summed E-state index contributed by atoms with van der Waals surface area (Å²) in [4.78, 5) is 26.3. The van der Waals surface area contributed by atoms with Gasteiger partial charge in [0.25, 0.3) is 0 Å². The van der Waals surface area contributed by atoms with Crippen LogP contribution in [-0.4, -0.2) is 30.3 Å². The Morgan fingerprint density at radius 3 is 2.22 bits per heavy atom. The molecule has 23 heavy (non-hydrogen) atoms. The van der Waals surface area contributed by atoms with E-state index in [1.54, 1.807) is 35.6 Å². The lowest BCUT2D eigenvalue weighted by Gasteiger charge is -2.16. The van der Waals surface area contributed by atoms with Crippen molar-refractivity contribution in [3.05, 3.63) is 46.2 Å². The van der Waals surface area contributed by atoms with Crippen molar-refractivity contribution < 1.29 is 9.59 Å². The van der Waals surface area contributed by atoms with Crippen LogP contribution in [0, 0.1) is 6.92 Å². The standard InChI is InChI=1S/C17H21N3O2S/c1-12-8-9-23-16(12)10-20(3)11-17(22)19-15-6-4-14(5-7-15)18-13(2)21/h4-9H,10-11H2,1-3H3,(H,18,21)(H,19,22). The zero-order valence-corrected chi connectivity index (χ0v) is 14.4. The van der Waals surface area contributed by atoms with E-state index in [2.05, 4.69) is 29.0 Å². The molecule has 0 aliphatic carbocycles. The van der Waals surface area contributed by atoms with E-state index in [1.165, 1.54) is 17.4 Å². The summed E-state index contributed by atoms with van der Waals surface area (Å²) in [6.07, 6.45) is 0. The van der Waals surface area contributed by atoms with Crippen molar-refractivity contribution in [2.45, 2.75) is 20.4 Å². The number of anilines is 2. The second-order valence-electron chi connectivity index (χ2n) is 5.51. The van der Waals surface area contributed by atoms with Gasteiger partial charge >= 0.3 is 0 Å². The van der Waals surface area contributed by atoms with Gasteiger partial charge in [-0.3, -0.25) is 14.5 Å². The molecule has 0 bridgehead atoms. The summed E-state index contributed by atoms with van der Waals surface area (Å²) in [5.41, 5.74) is 2.68. The number of hydrogen-bond acceptors (Lipinski definition) is 4. The van der Waals surface area contributed by atoms with Crippen LogP contribution >= 0.6 is 11.3 Å². The molecule has 0 unspecified atom stereocenters. The Morgan fingerprint density at radius 2 is 1.70 bits per heavy atom. The molecule has 6 heteroatoms. The van der Waals surface area contributed by atoms with Crippen LogP contribution in [0.15, 0.2) is 35.7 Å². The molecule has 1 heterocycles. The summed E-state index contributed by atoms with van der Waals surface area (Å²) in [6.45, 7) is 4.63. The number of carbonyl (C=O) groups is 2. The van der Waals surface area contributed by atoms with Gasteiger partial charge in [-0.2, -0.15) is 0 Å². The summed E-state index contributed by atoms with van der Waals surface area (Å²) < 4.78 is 0. The number of benzene rings is 1. The predicted octanol–water partition coefficient (Wildman–Crippen LogP) is 3.09. The summed E-state index contributed by atoms with van der Waals surface area (Å²) in [5, 5.41) is 7.61. The minimum atomic E-state index is -0.118. The lowest BCUT2D eigenvalue weighted by atomic mass is 10.2. The van der Waals surface area contributed by atoms with Crippen molar-refractivity contribution in [2.24, 2.45) is 0 Å². The molecule has 0 saturated carbocycles. The van der Waals surface area contributed by atoms with Crippen LogP contribution in [-0.2, 0) is 16.1 Å². The van der Waals surface area contributed by atoms with Crippen LogP contribution in [0.5, 0.6) is 0 Å². The normalized spacial score (nSPS) is 10.6. The number of nitrogens with one attached hydrogen (secondary N) is 2. The highest BCUT2D eigenvalue weighted by atomic mass is 32.1. The van der Waals surface area contributed by atoms with Gasteiger partial charge in [0.15, 0.2) is 0 Å². The molecule has 2 N–H and O–H groups in total. The fourth-order valence-electron chi connectivity index (χ4n) is 2.15. The average molecular weight is 331 g/mol. The molecule has 0 spiro atoms. The number of hydrogen-bond donors (Lipinski definition) is 2. The Hall–Kier alpha value is -2.18. The summed E-state index contributed by atoms with van der Waals surface area (Å²) in [5.74, 6) is -0.179. The molecule has 2 aromatic rings. The maximum absolute atomic E-state index is 12.1. The van der Waals surface area contributed by atoms with Crippen LogP contribution in [0.1, 0.15) is 17.4 Å². The fourth-order valence-corrected chi connectivity index (χ4v) is 3.14. The largest absolute Gasteiger partial charge is 0.326 e. The van der Waals surface area contributed by atoms with Crippen LogP contribution in [0.4, 0.5) is 11.4 Å². The Kier molecular flexibility index (Phi) is 5.90. The smallest absolute Gasteiger partial charge is 0.238 e. The third-order valence-electron chi connectivity index (χ3n) is 3.28. The van der Waals surface area contributed by atoms with Gasteiger partial charge in [0.2, 0.25) is 11.8 Å². The minimum absolute atomic E-state index is 0.0611. The lowest BCUT2D eigenvalue weighted by Crippen LogP contribution is -2.29. The van der Waals surface area contributed by atoms with Gasteiger partial charge in [0.1, 0.15) is 0 Å². The molecule has 0 atom stereocenters. The minimum Gasteiger partial charge on any atom is -0.326 e. The third kappa shape index (κ3) is 5.50. The second-order valence-corrected chi connectivity index (χ2v) is 6.51. The molecule has 2 amide bonds. The Morgan fingerprint density at radius 1 is 1.09 bits per heavy atom. The first kappa shape index (κ1) is 17.2. The maximum Gasteiger partial charge on any atom is 0.238 e. The number of aryl methyl sites for hydroxylation is 1. The fraction of sp³-hybridized carbons (Fsp3) is 0.294. The van der Waals surface area contributed by atoms with Crippen molar-refractivity contribution in [3.63, 3.8) is 0 Å². The van der Waals surface area contributed by atoms with Gasteiger partial charge in [-0.25, -0.2) is 0 Å². The molecule has 0 aliphatic heterocycles. The first-order valence-corrected chi connectivity index (χ1v) is 8.21. The number of thiophene rings is 1. The predicted molar refractivity (Wildman–Crippen MR) is 94.8 cm³/mol. The summed E-state index contributed by atoms with van der Waals surface area (Å²) in [7, 11) is 1.93. The highest BCUT2D eigenvalue weighted by molar-refractivity contribution is 7.10. The maximum atomic E-state index is 12.1. The zero-order chi connectivity index (χ0) is 16.8. The first-order chi connectivity index (χ1) is 10.9. The molecule has 0 radical (unpaired) electrons. The van der Waals surface area contributed by atoms with Crippen molar-refractivity contribution in [2.75, 3.05) is 24.2 Å². The van der Waals surface area contributed by atoms with Crippen LogP contribution in [0.2, 0.25) is 0 Å². The van der Waals surface area contributed by atoms with Gasteiger partial charge < -0.3 is 10.6 Å². The van der Waals surface area contributed by atoms with E-state index in [1.807, 2.05) is 11.9 Å². The first-order valence-electron chi connectivity index (χ1n) is 7.33. The molecular weight excluding hydrogens is 310 g/mol. The highest BCUT2D eigenvalue weighted by Crippen LogP contribution is 2.17. The lowest BCUT2D eigenvalue weighted by molar-refractivity contribution is -0.117. The van der Waals surface area contributed by atoms with E-state index >= 15 is 0 Å². The number of carbonyl (C=O) groups excluding carboxylic acids is 2. The number of nitrogens with zero attached hydrogens (tertiary/aromatic N) is 1. The quantitative estimate of drug-likeness (QED) is 0.855. The van der Waals surface area contributed by atoms with E-state index in [-0.39, 0.29) is 11.8 Å². The van der Waals surface area contributed by atoms with Crippen molar-refractivity contribution >= 4 is 34.5 Å². The van der Waals surface area contributed by atoms with E-state index in [9.17, 15) is 9.59 Å². The van der Waals surface area contributed by atoms with Crippen LogP contribution in [0.25, 0.3) is 0 Å². The van der Waals surface area contributed by atoms with Crippen LogP contribution < -0.4 is 10.6 Å². The SMILES string of the molecule is CC(=O)Nc1ccc(NC(=O)CN(C)Cc2sccc2C)cc1. The van der Waals surface area contributed by atoms with Gasteiger partial charge in [0.05, 0.1) is 6.54 Å². The van der Waals surface area contributed by atoms with E-state index in [4.69, 9.17) is 0 Å². The molecule has 122 valence electrons. The Balaban J connectivity index is 1.84. The number of rotatable bonds is 6. The van der Waals surface area contributed by atoms with E-state index < -0.39 is 0 Å². The number of amides is 2. The molecule has 0 fully saturated rings. The zero-order valence-electron chi connectivity index (χ0n) is 13.6. The van der Waals surface area contributed by atoms with Gasteiger partial charge in [-0.1, -0.05) is 0 Å². The van der Waals surface area contributed by atoms with E-state index in [0.29, 0.717) is 17.9 Å². The highest BCUT2D eigenvalue weighted by Gasteiger charge is 2.09. The Bertz CT molecular complexity index is 679.